The molecule has 2 saturated heterocycles. The molecule has 0 spiro atoms. The predicted molar refractivity (Wildman–Crippen MR) is 180 cm³/mol. The molecule has 46 heavy (non-hydrogen) atoms. The predicted octanol–water partition coefficient (Wildman–Crippen LogP) is 8.12. The van der Waals surface area contributed by atoms with Gasteiger partial charge in [0.15, 0.2) is 11.5 Å². The van der Waals surface area contributed by atoms with Gasteiger partial charge in [-0.1, -0.05) is 62.7 Å². The van der Waals surface area contributed by atoms with E-state index in [0.29, 0.717) is 28.9 Å². The fraction of sp³-hybridized carbons (Fsp3) is 0.378. The van der Waals surface area contributed by atoms with Gasteiger partial charge in [0.1, 0.15) is 5.82 Å². The number of amides is 3. The molecule has 4 aromatic rings. The first-order valence-electron chi connectivity index (χ1n) is 16.0. The summed E-state index contributed by atoms with van der Waals surface area (Å²) in [7, 11) is 1.57. The molecular formula is C37H43N5O4. The van der Waals surface area contributed by atoms with Crippen LogP contribution in [-0.2, 0) is 11.8 Å². The number of nitrogens with one attached hydrogen (secondary N) is 2. The van der Waals surface area contributed by atoms with Crippen LogP contribution >= 0.6 is 0 Å². The number of carbonyl (C=O) groups excluding carboxylic acids is 2. The number of aromatic nitrogens is 2. The SMILES string of the molecule is COc1ccccc1OC(=O)N1C2CCC1CC(Cc1ccc(NC(=O)Nc3cc(C(C)(C)C)nn3-c3ccc(C)cc3)cc1)C2. The zero-order valence-electron chi connectivity index (χ0n) is 27.2. The number of carbonyl (C=O) groups is 2. The van der Waals surface area contributed by atoms with Crippen LogP contribution in [0.5, 0.6) is 11.5 Å². The van der Waals surface area contributed by atoms with Crippen molar-refractivity contribution in [3.63, 3.8) is 0 Å². The van der Waals surface area contributed by atoms with Gasteiger partial charge in [-0.3, -0.25) is 5.32 Å². The molecule has 3 aromatic carbocycles. The van der Waals surface area contributed by atoms with E-state index in [9.17, 15) is 9.59 Å². The van der Waals surface area contributed by atoms with Crippen molar-refractivity contribution in [2.75, 3.05) is 17.7 Å². The Hall–Kier alpha value is -4.79. The fourth-order valence-corrected chi connectivity index (χ4v) is 6.66. The number of methoxy groups -OCH3 is 1. The highest BCUT2D eigenvalue weighted by Gasteiger charge is 2.44. The second-order valence-corrected chi connectivity index (χ2v) is 13.5. The van der Waals surface area contributed by atoms with Crippen molar-refractivity contribution in [1.29, 1.82) is 0 Å². The number of ether oxygens (including phenoxy) is 2. The lowest BCUT2D eigenvalue weighted by atomic mass is 9.86. The van der Waals surface area contributed by atoms with Crippen molar-refractivity contribution >= 4 is 23.6 Å². The van der Waals surface area contributed by atoms with Crippen molar-refractivity contribution in [1.82, 2.24) is 14.7 Å². The monoisotopic (exact) mass is 621 g/mol. The van der Waals surface area contributed by atoms with Gasteiger partial charge in [0.25, 0.3) is 0 Å². The maximum Gasteiger partial charge on any atom is 0.415 e. The maximum absolute atomic E-state index is 13.2. The zero-order chi connectivity index (χ0) is 32.4. The summed E-state index contributed by atoms with van der Waals surface area (Å²) >= 11 is 0. The largest absolute Gasteiger partial charge is 0.493 e. The number of fused-ring (bicyclic) bond motifs is 2. The van der Waals surface area contributed by atoms with Gasteiger partial charge in [0.05, 0.1) is 18.5 Å². The van der Waals surface area contributed by atoms with Crippen molar-refractivity contribution in [2.24, 2.45) is 5.92 Å². The Kier molecular flexibility index (Phi) is 8.75. The van der Waals surface area contributed by atoms with E-state index >= 15 is 0 Å². The first-order chi connectivity index (χ1) is 22.1. The maximum atomic E-state index is 13.2. The van der Waals surface area contributed by atoms with E-state index in [-0.39, 0.29) is 29.6 Å². The topological polar surface area (TPSA) is 97.7 Å². The Labute approximate surface area is 270 Å². The van der Waals surface area contributed by atoms with E-state index in [2.05, 4.69) is 43.5 Å². The number of para-hydroxylation sites is 2. The number of benzene rings is 3. The minimum absolute atomic E-state index is 0.172. The summed E-state index contributed by atoms with van der Waals surface area (Å²) in [6.07, 6.45) is 4.54. The molecule has 2 N–H and O–H groups in total. The summed E-state index contributed by atoms with van der Waals surface area (Å²) in [5.74, 6) is 2.09. The highest BCUT2D eigenvalue weighted by atomic mass is 16.6. The van der Waals surface area contributed by atoms with Crippen molar-refractivity contribution in [3.8, 4) is 17.2 Å². The molecular weight excluding hydrogens is 578 g/mol. The third-order valence-corrected chi connectivity index (χ3v) is 9.04. The van der Waals surface area contributed by atoms with Gasteiger partial charge < -0.3 is 19.7 Å². The van der Waals surface area contributed by atoms with E-state index in [4.69, 9.17) is 14.6 Å². The summed E-state index contributed by atoms with van der Waals surface area (Å²) in [6.45, 7) is 8.35. The van der Waals surface area contributed by atoms with Gasteiger partial charge in [-0.05, 0) is 86.9 Å². The van der Waals surface area contributed by atoms with Crippen LogP contribution in [0.15, 0.2) is 78.9 Å². The highest BCUT2D eigenvalue weighted by molar-refractivity contribution is 5.99. The van der Waals surface area contributed by atoms with Crippen LogP contribution in [0, 0.1) is 12.8 Å². The second-order valence-electron chi connectivity index (χ2n) is 13.5. The summed E-state index contributed by atoms with van der Waals surface area (Å²) in [5, 5.41) is 10.8. The molecule has 3 heterocycles. The summed E-state index contributed by atoms with van der Waals surface area (Å²) in [6, 6.07) is 25.3. The second kappa shape index (κ2) is 12.9. The molecule has 2 unspecified atom stereocenters. The molecule has 0 radical (unpaired) electrons. The van der Waals surface area contributed by atoms with Crippen molar-refractivity contribution < 1.29 is 19.1 Å². The van der Waals surface area contributed by atoms with Crippen LogP contribution in [0.25, 0.3) is 5.69 Å². The van der Waals surface area contributed by atoms with E-state index in [1.165, 1.54) is 5.56 Å². The molecule has 0 aliphatic carbocycles. The Morgan fingerprint density at radius 1 is 0.891 bits per heavy atom. The Balaban J connectivity index is 1.05. The molecule has 9 heteroatoms. The van der Waals surface area contributed by atoms with E-state index in [1.54, 1.807) is 23.9 Å². The average molecular weight is 622 g/mol. The van der Waals surface area contributed by atoms with E-state index in [1.807, 2.05) is 66.4 Å². The van der Waals surface area contributed by atoms with Crippen LogP contribution < -0.4 is 20.1 Å². The number of urea groups is 1. The van der Waals surface area contributed by atoms with Crippen LogP contribution in [0.3, 0.4) is 0 Å². The molecule has 9 nitrogen and oxygen atoms in total. The molecule has 240 valence electrons. The molecule has 3 amide bonds. The Morgan fingerprint density at radius 2 is 1.54 bits per heavy atom. The molecule has 0 saturated carbocycles. The van der Waals surface area contributed by atoms with Crippen LogP contribution in [-0.4, -0.2) is 46.0 Å². The first kappa shape index (κ1) is 31.2. The molecule has 6 rings (SSSR count). The zero-order valence-corrected chi connectivity index (χ0v) is 27.2. The molecule has 2 atom stereocenters. The van der Waals surface area contributed by atoms with Crippen LogP contribution in [0.2, 0.25) is 0 Å². The van der Waals surface area contributed by atoms with Gasteiger partial charge in [0.2, 0.25) is 0 Å². The lowest BCUT2D eigenvalue weighted by molar-refractivity contribution is 0.0895. The van der Waals surface area contributed by atoms with Gasteiger partial charge in [-0.15, -0.1) is 0 Å². The molecule has 1 aromatic heterocycles. The number of aryl methyl sites for hydroxylation is 1. The van der Waals surface area contributed by atoms with Crippen molar-refractivity contribution in [3.05, 3.63) is 95.7 Å². The average Bonchev–Trinajstić information content (AvgIpc) is 3.57. The minimum atomic E-state index is -0.328. The van der Waals surface area contributed by atoms with Gasteiger partial charge >= 0.3 is 12.1 Å². The number of rotatable bonds is 7. The Morgan fingerprint density at radius 3 is 2.17 bits per heavy atom. The summed E-state index contributed by atoms with van der Waals surface area (Å²) < 4.78 is 12.9. The number of piperidine rings is 1. The van der Waals surface area contributed by atoms with E-state index < -0.39 is 0 Å². The third kappa shape index (κ3) is 6.88. The fourth-order valence-electron chi connectivity index (χ4n) is 6.66. The van der Waals surface area contributed by atoms with Gasteiger partial charge in [-0.25, -0.2) is 14.3 Å². The minimum Gasteiger partial charge on any atom is -0.493 e. The molecule has 2 aliphatic rings. The molecule has 2 aliphatic heterocycles. The number of hydrogen-bond donors (Lipinski definition) is 2. The first-order valence-corrected chi connectivity index (χ1v) is 16.0. The smallest absolute Gasteiger partial charge is 0.415 e. The Bertz CT molecular complexity index is 1680. The molecule has 2 bridgehead atoms. The third-order valence-electron chi connectivity index (χ3n) is 9.04. The van der Waals surface area contributed by atoms with Crippen molar-refractivity contribution in [2.45, 2.75) is 77.3 Å². The lowest BCUT2D eigenvalue weighted by Crippen LogP contribution is -2.48. The lowest BCUT2D eigenvalue weighted by Gasteiger charge is -2.38. The van der Waals surface area contributed by atoms with Gasteiger partial charge in [-0.2, -0.15) is 5.10 Å². The summed E-state index contributed by atoms with van der Waals surface area (Å²) in [5.41, 5.74) is 4.69. The number of nitrogens with zero attached hydrogens (tertiary/aromatic N) is 3. The molecule has 2 fully saturated rings. The van der Waals surface area contributed by atoms with Crippen LogP contribution in [0.4, 0.5) is 21.1 Å². The standard InChI is InChI=1S/C37H43N5O4/c1-24-10-16-28(17-11-24)42-34(23-33(40-42)37(2,3)4)39-35(43)38-27-14-12-25(13-15-27)20-26-21-29-18-19-30(22-26)41(29)36(44)46-32-9-7-6-8-31(32)45-5/h6-17,23,26,29-30H,18-22H2,1-5H3,(H2,38,39,43). The number of hydrogen-bond acceptors (Lipinski definition) is 5. The normalized spacial score (nSPS) is 19.1. The summed E-state index contributed by atoms with van der Waals surface area (Å²) in [4.78, 5) is 28.2. The number of anilines is 2. The van der Waals surface area contributed by atoms with Gasteiger partial charge in [0, 0.05) is 29.3 Å². The van der Waals surface area contributed by atoms with Crippen LogP contribution in [0.1, 0.15) is 63.3 Å². The van der Waals surface area contributed by atoms with E-state index in [0.717, 1.165) is 49.0 Å². The highest BCUT2D eigenvalue weighted by Crippen LogP contribution is 2.41. The quantitative estimate of drug-likeness (QED) is 0.217.